The van der Waals surface area contributed by atoms with Crippen LogP contribution in [0.2, 0.25) is 0 Å². The van der Waals surface area contributed by atoms with Crippen molar-refractivity contribution >= 4 is 33.2 Å². The Kier molecular flexibility index (Phi) is 4.14. The molecule has 1 aromatic carbocycles. The van der Waals surface area contributed by atoms with E-state index in [1.54, 1.807) is 25.1 Å². The minimum Gasteiger partial charge on any atom is -0.462 e. The standard InChI is InChI=1S/C13H10BrFO2S/c1-2-17-13(16)11-7-10(14)12(18-11)8-3-5-9(15)6-4-8/h3-7H,2H2,1H3. The van der Waals surface area contributed by atoms with Crippen molar-refractivity contribution in [2.75, 3.05) is 6.61 Å². The first-order valence-electron chi connectivity index (χ1n) is 5.34. The number of ether oxygens (including phenoxy) is 1. The fraction of sp³-hybridized carbons (Fsp3) is 0.154. The average molecular weight is 329 g/mol. The summed E-state index contributed by atoms with van der Waals surface area (Å²) >= 11 is 4.72. The third kappa shape index (κ3) is 2.79. The maximum atomic E-state index is 12.9. The van der Waals surface area contributed by atoms with Crippen LogP contribution in [0.5, 0.6) is 0 Å². The molecule has 0 saturated heterocycles. The van der Waals surface area contributed by atoms with Crippen molar-refractivity contribution in [2.24, 2.45) is 0 Å². The lowest BCUT2D eigenvalue weighted by Crippen LogP contribution is -2.01. The van der Waals surface area contributed by atoms with Crippen molar-refractivity contribution in [3.8, 4) is 10.4 Å². The van der Waals surface area contributed by atoms with Crippen molar-refractivity contribution in [3.05, 3.63) is 45.5 Å². The van der Waals surface area contributed by atoms with E-state index in [2.05, 4.69) is 15.9 Å². The first kappa shape index (κ1) is 13.2. The van der Waals surface area contributed by atoms with Crippen molar-refractivity contribution in [3.63, 3.8) is 0 Å². The van der Waals surface area contributed by atoms with E-state index in [1.165, 1.54) is 23.5 Å². The number of benzene rings is 1. The Morgan fingerprint density at radius 3 is 2.67 bits per heavy atom. The second kappa shape index (κ2) is 5.63. The lowest BCUT2D eigenvalue weighted by molar-refractivity contribution is 0.0532. The van der Waals surface area contributed by atoms with Gasteiger partial charge in [-0.25, -0.2) is 9.18 Å². The van der Waals surface area contributed by atoms with Crippen molar-refractivity contribution in [1.82, 2.24) is 0 Å². The molecule has 2 rings (SSSR count). The molecule has 2 aromatic rings. The number of thiophene rings is 1. The van der Waals surface area contributed by atoms with Crippen LogP contribution in [0.25, 0.3) is 10.4 Å². The highest BCUT2D eigenvalue weighted by molar-refractivity contribution is 9.10. The van der Waals surface area contributed by atoms with Crippen LogP contribution < -0.4 is 0 Å². The Hall–Kier alpha value is -1.20. The monoisotopic (exact) mass is 328 g/mol. The zero-order valence-electron chi connectivity index (χ0n) is 9.57. The van der Waals surface area contributed by atoms with E-state index in [4.69, 9.17) is 4.74 Å². The van der Waals surface area contributed by atoms with Gasteiger partial charge in [0.05, 0.1) is 6.61 Å². The van der Waals surface area contributed by atoms with Crippen molar-refractivity contribution in [1.29, 1.82) is 0 Å². The van der Waals surface area contributed by atoms with Crippen LogP contribution in [0.1, 0.15) is 16.6 Å². The topological polar surface area (TPSA) is 26.3 Å². The molecule has 94 valence electrons. The average Bonchev–Trinajstić information content (AvgIpc) is 2.73. The summed E-state index contributed by atoms with van der Waals surface area (Å²) in [4.78, 5) is 13.0. The summed E-state index contributed by atoms with van der Waals surface area (Å²) in [5, 5.41) is 0. The molecule has 5 heteroatoms. The van der Waals surface area contributed by atoms with Gasteiger partial charge in [-0.1, -0.05) is 12.1 Å². The first-order chi connectivity index (χ1) is 8.61. The highest BCUT2D eigenvalue weighted by Crippen LogP contribution is 2.36. The van der Waals surface area contributed by atoms with Gasteiger partial charge in [-0.3, -0.25) is 0 Å². The lowest BCUT2D eigenvalue weighted by atomic mass is 10.2. The summed E-state index contributed by atoms with van der Waals surface area (Å²) in [5.41, 5.74) is 0.865. The molecule has 0 radical (unpaired) electrons. The van der Waals surface area contributed by atoms with Crippen LogP contribution in [0, 0.1) is 5.82 Å². The molecule has 1 aromatic heterocycles. The van der Waals surface area contributed by atoms with Gasteiger partial charge in [0.2, 0.25) is 0 Å². The van der Waals surface area contributed by atoms with Crippen LogP contribution in [0.15, 0.2) is 34.8 Å². The number of rotatable bonds is 3. The molecule has 0 N–H and O–H groups in total. The second-order valence-corrected chi connectivity index (χ2v) is 5.42. The summed E-state index contributed by atoms with van der Waals surface area (Å²) in [6.45, 7) is 2.11. The van der Waals surface area contributed by atoms with E-state index in [0.717, 1.165) is 14.9 Å². The molecule has 0 saturated carbocycles. The van der Waals surface area contributed by atoms with Gasteiger partial charge in [-0.05, 0) is 46.6 Å². The highest BCUT2D eigenvalue weighted by atomic mass is 79.9. The minimum atomic E-state index is -0.337. The number of hydrogen-bond donors (Lipinski definition) is 0. The fourth-order valence-electron chi connectivity index (χ4n) is 1.47. The number of hydrogen-bond acceptors (Lipinski definition) is 3. The third-order valence-corrected chi connectivity index (χ3v) is 4.32. The van der Waals surface area contributed by atoms with Crippen molar-refractivity contribution in [2.45, 2.75) is 6.92 Å². The molecular formula is C13H10BrFO2S. The van der Waals surface area contributed by atoms with E-state index in [1.807, 2.05) is 0 Å². The SMILES string of the molecule is CCOC(=O)c1cc(Br)c(-c2ccc(F)cc2)s1. The van der Waals surface area contributed by atoms with Crippen molar-refractivity contribution < 1.29 is 13.9 Å². The van der Waals surface area contributed by atoms with Gasteiger partial charge in [0.25, 0.3) is 0 Å². The van der Waals surface area contributed by atoms with E-state index < -0.39 is 0 Å². The summed E-state index contributed by atoms with van der Waals surface area (Å²) < 4.78 is 18.6. The molecule has 0 atom stereocenters. The minimum absolute atomic E-state index is 0.281. The van der Waals surface area contributed by atoms with Crippen LogP contribution in [0.4, 0.5) is 4.39 Å². The molecule has 2 nitrogen and oxygen atoms in total. The Balaban J connectivity index is 2.34. The van der Waals surface area contributed by atoms with E-state index in [0.29, 0.717) is 11.5 Å². The first-order valence-corrected chi connectivity index (χ1v) is 6.95. The molecular weight excluding hydrogens is 319 g/mol. The van der Waals surface area contributed by atoms with Crippen LogP contribution in [0.3, 0.4) is 0 Å². The largest absolute Gasteiger partial charge is 0.462 e. The highest BCUT2D eigenvalue weighted by Gasteiger charge is 2.15. The Bertz CT molecular complexity index is 563. The summed E-state index contributed by atoms with van der Waals surface area (Å²) in [5.74, 6) is -0.617. The van der Waals surface area contributed by atoms with Gasteiger partial charge >= 0.3 is 5.97 Å². The molecule has 0 fully saturated rings. The maximum Gasteiger partial charge on any atom is 0.348 e. The molecule has 1 heterocycles. The second-order valence-electron chi connectivity index (χ2n) is 3.52. The number of carbonyl (C=O) groups excluding carboxylic acids is 1. The summed E-state index contributed by atoms with van der Waals surface area (Å²) in [6.07, 6.45) is 0. The van der Waals surface area contributed by atoms with Gasteiger partial charge in [0.1, 0.15) is 10.7 Å². The zero-order chi connectivity index (χ0) is 13.1. The normalized spacial score (nSPS) is 10.4. The number of halogens is 2. The third-order valence-electron chi connectivity index (χ3n) is 2.27. The summed E-state index contributed by atoms with van der Waals surface area (Å²) in [7, 11) is 0. The number of carbonyl (C=O) groups is 1. The molecule has 0 aliphatic heterocycles. The van der Waals surface area contributed by atoms with Crippen LogP contribution in [-0.4, -0.2) is 12.6 Å². The molecule has 18 heavy (non-hydrogen) atoms. The van der Waals surface area contributed by atoms with Gasteiger partial charge < -0.3 is 4.74 Å². The summed E-state index contributed by atoms with van der Waals surface area (Å²) in [6, 6.07) is 7.88. The number of esters is 1. The van der Waals surface area contributed by atoms with Gasteiger partial charge in [-0.15, -0.1) is 11.3 Å². The smallest absolute Gasteiger partial charge is 0.348 e. The Labute approximate surface area is 117 Å². The zero-order valence-corrected chi connectivity index (χ0v) is 12.0. The molecule has 0 aliphatic carbocycles. The quantitative estimate of drug-likeness (QED) is 0.776. The van der Waals surface area contributed by atoms with Gasteiger partial charge in [0, 0.05) is 9.35 Å². The predicted molar refractivity (Wildman–Crippen MR) is 73.4 cm³/mol. The molecule has 0 unspecified atom stereocenters. The Morgan fingerprint density at radius 1 is 1.39 bits per heavy atom. The van der Waals surface area contributed by atoms with Crippen LogP contribution >= 0.6 is 27.3 Å². The molecule has 0 aliphatic rings. The van der Waals surface area contributed by atoms with Crippen LogP contribution in [-0.2, 0) is 4.74 Å². The molecule has 0 spiro atoms. The van der Waals surface area contributed by atoms with Gasteiger partial charge in [0.15, 0.2) is 0 Å². The Morgan fingerprint density at radius 2 is 2.06 bits per heavy atom. The lowest BCUT2D eigenvalue weighted by Gasteiger charge is -1.98. The van der Waals surface area contributed by atoms with E-state index >= 15 is 0 Å². The molecule has 0 bridgehead atoms. The fourth-order valence-corrected chi connectivity index (χ4v) is 3.27. The maximum absolute atomic E-state index is 12.9. The van der Waals surface area contributed by atoms with E-state index in [-0.39, 0.29) is 11.8 Å². The van der Waals surface area contributed by atoms with E-state index in [9.17, 15) is 9.18 Å². The predicted octanol–water partition coefficient (Wildman–Crippen LogP) is 4.49. The molecule has 0 amide bonds. The van der Waals surface area contributed by atoms with Gasteiger partial charge in [-0.2, -0.15) is 0 Å².